The molecule has 1 aliphatic rings. The number of carbonyl (C=O) groups excluding carboxylic acids is 1. The van der Waals surface area contributed by atoms with Crippen LogP contribution in [-0.4, -0.2) is 30.8 Å². The topological polar surface area (TPSA) is 20.3 Å². The molecular formula is C9H17NO. The van der Waals surface area contributed by atoms with E-state index in [9.17, 15) is 4.79 Å². The molecule has 0 spiro atoms. The van der Waals surface area contributed by atoms with E-state index in [0.717, 1.165) is 25.2 Å². The number of hydrogen-bond donors (Lipinski definition) is 0. The Morgan fingerprint density at radius 3 is 2.82 bits per heavy atom. The van der Waals surface area contributed by atoms with Crippen molar-refractivity contribution in [3.05, 3.63) is 0 Å². The number of likely N-dealkylation sites (N-methyl/N-ethyl adjacent to an activating group) is 1. The van der Waals surface area contributed by atoms with Crippen molar-refractivity contribution in [3.8, 4) is 0 Å². The van der Waals surface area contributed by atoms with Gasteiger partial charge in [0.05, 0.1) is 6.04 Å². The molecule has 0 radical (unpaired) electrons. The zero-order valence-corrected chi connectivity index (χ0v) is 7.42. The van der Waals surface area contributed by atoms with E-state index in [0.29, 0.717) is 0 Å². The molecule has 1 rings (SSSR count). The molecule has 2 nitrogen and oxygen atoms in total. The lowest BCUT2D eigenvalue weighted by Crippen LogP contribution is -2.25. The van der Waals surface area contributed by atoms with Gasteiger partial charge in [0.25, 0.3) is 0 Å². The van der Waals surface area contributed by atoms with Crippen molar-refractivity contribution >= 4 is 6.29 Å². The van der Waals surface area contributed by atoms with Crippen LogP contribution < -0.4 is 0 Å². The number of aldehydes is 1. The molecule has 0 saturated carbocycles. The molecule has 2 atom stereocenters. The normalized spacial score (nSPS) is 32.5. The number of likely N-dealkylation sites (tertiary alicyclic amines) is 1. The molecule has 0 N–H and O–H groups in total. The molecule has 1 aliphatic heterocycles. The van der Waals surface area contributed by atoms with Crippen molar-refractivity contribution in [3.63, 3.8) is 0 Å². The first-order chi connectivity index (χ1) is 5.27. The van der Waals surface area contributed by atoms with Crippen LogP contribution in [-0.2, 0) is 4.79 Å². The molecular weight excluding hydrogens is 138 g/mol. The van der Waals surface area contributed by atoms with Gasteiger partial charge in [0, 0.05) is 6.54 Å². The lowest BCUT2D eigenvalue weighted by Gasteiger charge is -2.11. The van der Waals surface area contributed by atoms with Crippen molar-refractivity contribution < 1.29 is 4.79 Å². The first-order valence-corrected chi connectivity index (χ1v) is 4.43. The molecule has 1 saturated heterocycles. The van der Waals surface area contributed by atoms with Crippen LogP contribution >= 0.6 is 0 Å². The molecule has 1 fully saturated rings. The lowest BCUT2D eigenvalue weighted by atomic mass is 10.0. The van der Waals surface area contributed by atoms with Crippen LogP contribution in [0, 0.1) is 5.92 Å². The van der Waals surface area contributed by atoms with E-state index in [4.69, 9.17) is 0 Å². The highest BCUT2D eigenvalue weighted by Crippen LogP contribution is 2.23. The zero-order valence-electron chi connectivity index (χ0n) is 7.42. The SMILES string of the molecule is CCCC1CC(C=O)N(C)C1. The van der Waals surface area contributed by atoms with Gasteiger partial charge in [-0.1, -0.05) is 13.3 Å². The fraction of sp³-hybridized carbons (Fsp3) is 0.889. The van der Waals surface area contributed by atoms with Gasteiger partial charge >= 0.3 is 0 Å². The van der Waals surface area contributed by atoms with Gasteiger partial charge in [0.15, 0.2) is 0 Å². The van der Waals surface area contributed by atoms with Gasteiger partial charge in [-0.2, -0.15) is 0 Å². The molecule has 64 valence electrons. The molecule has 2 unspecified atom stereocenters. The molecule has 0 aromatic carbocycles. The fourth-order valence-electron chi connectivity index (χ4n) is 1.92. The highest BCUT2D eigenvalue weighted by atomic mass is 16.1. The lowest BCUT2D eigenvalue weighted by molar-refractivity contribution is -0.111. The van der Waals surface area contributed by atoms with Crippen LogP contribution in [0.4, 0.5) is 0 Å². The first-order valence-electron chi connectivity index (χ1n) is 4.43. The minimum absolute atomic E-state index is 0.201. The van der Waals surface area contributed by atoms with E-state index in [1.807, 2.05) is 7.05 Å². The second-order valence-electron chi connectivity index (χ2n) is 3.53. The van der Waals surface area contributed by atoms with Crippen LogP contribution in [0.25, 0.3) is 0 Å². The van der Waals surface area contributed by atoms with E-state index in [-0.39, 0.29) is 6.04 Å². The molecule has 1 heterocycles. The van der Waals surface area contributed by atoms with E-state index in [1.165, 1.54) is 12.8 Å². The van der Waals surface area contributed by atoms with Crippen molar-refractivity contribution in [1.82, 2.24) is 4.90 Å². The molecule has 0 aliphatic carbocycles. The minimum atomic E-state index is 0.201. The average molecular weight is 155 g/mol. The van der Waals surface area contributed by atoms with Crippen LogP contribution in [0.1, 0.15) is 26.2 Å². The zero-order chi connectivity index (χ0) is 8.27. The van der Waals surface area contributed by atoms with Gasteiger partial charge in [0.2, 0.25) is 0 Å². The Morgan fingerprint density at radius 1 is 1.64 bits per heavy atom. The largest absolute Gasteiger partial charge is 0.302 e. The third kappa shape index (κ3) is 2.03. The third-order valence-electron chi connectivity index (χ3n) is 2.54. The predicted molar refractivity (Wildman–Crippen MR) is 45.5 cm³/mol. The Bertz CT molecular complexity index is 136. The Morgan fingerprint density at radius 2 is 2.36 bits per heavy atom. The summed E-state index contributed by atoms with van der Waals surface area (Å²) in [5, 5.41) is 0. The molecule has 11 heavy (non-hydrogen) atoms. The third-order valence-corrected chi connectivity index (χ3v) is 2.54. The number of hydrogen-bond acceptors (Lipinski definition) is 2. The second kappa shape index (κ2) is 3.86. The van der Waals surface area contributed by atoms with Crippen molar-refractivity contribution in [2.24, 2.45) is 5.92 Å². The molecule has 0 amide bonds. The van der Waals surface area contributed by atoms with Gasteiger partial charge in [0.1, 0.15) is 6.29 Å². The van der Waals surface area contributed by atoms with Gasteiger partial charge < -0.3 is 4.79 Å². The summed E-state index contributed by atoms with van der Waals surface area (Å²) >= 11 is 0. The van der Waals surface area contributed by atoms with E-state index in [2.05, 4.69) is 11.8 Å². The van der Waals surface area contributed by atoms with Crippen LogP contribution in [0.3, 0.4) is 0 Å². The van der Waals surface area contributed by atoms with Gasteiger partial charge in [-0.05, 0) is 25.8 Å². The summed E-state index contributed by atoms with van der Waals surface area (Å²) in [5.41, 5.74) is 0. The number of nitrogens with zero attached hydrogens (tertiary/aromatic N) is 1. The van der Waals surface area contributed by atoms with Crippen molar-refractivity contribution in [2.75, 3.05) is 13.6 Å². The molecule has 0 aromatic rings. The fourth-order valence-corrected chi connectivity index (χ4v) is 1.92. The predicted octanol–water partition coefficient (Wildman–Crippen LogP) is 1.31. The van der Waals surface area contributed by atoms with E-state index in [1.54, 1.807) is 0 Å². The Balaban J connectivity index is 2.36. The maximum atomic E-state index is 10.5. The first kappa shape index (κ1) is 8.72. The monoisotopic (exact) mass is 155 g/mol. The Kier molecular flexibility index (Phi) is 3.06. The van der Waals surface area contributed by atoms with Crippen LogP contribution in [0.2, 0.25) is 0 Å². The Labute approximate surface area is 68.6 Å². The maximum Gasteiger partial charge on any atom is 0.137 e. The number of carbonyl (C=O) groups is 1. The van der Waals surface area contributed by atoms with E-state index < -0.39 is 0 Å². The highest BCUT2D eigenvalue weighted by Gasteiger charge is 2.27. The van der Waals surface area contributed by atoms with Crippen molar-refractivity contribution in [1.29, 1.82) is 0 Å². The van der Waals surface area contributed by atoms with Crippen molar-refractivity contribution in [2.45, 2.75) is 32.2 Å². The molecule has 2 heteroatoms. The average Bonchev–Trinajstić information content (AvgIpc) is 2.32. The summed E-state index contributed by atoms with van der Waals surface area (Å²) in [6, 6.07) is 0.201. The van der Waals surface area contributed by atoms with Gasteiger partial charge in [-0.15, -0.1) is 0 Å². The van der Waals surface area contributed by atoms with Crippen LogP contribution in [0.15, 0.2) is 0 Å². The highest BCUT2D eigenvalue weighted by molar-refractivity contribution is 5.58. The minimum Gasteiger partial charge on any atom is -0.302 e. The standard InChI is InChI=1S/C9H17NO/c1-3-4-8-5-9(7-11)10(2)6-8/h7-9H,3-6H2,1-2H3. The Hall–Kier alpha value is -0.370. The summed E-state index contributed by atoms with van der Waals surface area (Å²) < 4.78 is 0. The summed E-state index contributed by atoms with van der Waals surface area (Å²) in [5.74, 6) is 0.764. The van der Waals surface area contributed by atoms with Crippen LogP contribution in [0.5, 0.6) is 0 Å². The quantitative estimate of drug-likeness (QED) is 0.573. The van der Waals surface area contributed by atoms with E-state index >= 15 is 0 Å². The molecule has 0 aromatic heterocycles. The number of rotatable bonds is 3. The van der Waals surface area contributed by atoms with Gasteiger partial charge in [-0.3, -0.25) is 4.90 Å². The summed E-state index contributed by atoms with van der Waals surface area (Å²) in [6.07, 6.45) is 4.67. The summed E-state index contributed by atoms with van der Waals surface area (Å²) in [6.45, 7) is 3.31. The maximum absolute atomic E-state index is 10.5. The second-order valence-corrected chi connectivity index (χ2v) is 3.53. The van der Waals surface area contributed by atoms with Gasteiger partial charge in [-0.25, -0.2) is 0 Å². The molecule has 0 bridgehead atoms. The summed E-state index contributed by atoms with van der Waals surface area (Å²) in [7, 11) is 2.04. The smallest absolute Gasteiger partial charge is 0.137 e. The summed E-state index contributed by atoms with van der Waals surface area (Å²) in [4.78, 5) is 12.7.